The summed E-state index contributed by atoms with van der Waals surface area (Å²) in [6.07, 6.45) is 0. The predicted molar refractivity (Wildman–Crippen MR) is 51.6 cm³/mol. The van der Waals surface area contributed by atoms with Gasteiger partial charge in [0.25, 0.3) is 11.8 Å². The molecule has 0 saturated carbocycles. The highest BCUT2D eigenvalue weighted by Crippen LogP contribution is 2.40. The number of carbonyl (C=O) groups excluding carboxylic acids is 2. The van der Waals surface area contributed by atoms with Gasteiger partial charge in [-0.2, -0.15) is 0 Å². The average molecular weight is 243 g/mol. The van der Waals surface area contributed by atoms with Gasteiger partial charge in [-0.3, -0.25) is 25.0 Å². The van der Waals surface area contributed by atoms with Crippen LogP contribution in [-0.4, -0.2) is 21.8 Å². The molecule has 1 aliphatic rings. The lowest BCUT2D eigenvalue weighted by molar-refractivity contribution is -0.386. The number of fused-ring (bicyclic) bond motifs is 1. The first-order valence-electron chi connectivity index (χ1n) is 3.99. The third kappa shape index (κ3) is 1.22. The molecule has 2 N–H and O–H groups in total. The molecule has 0 atom stereocenters. The van der Waals surface area contributed by atoms with Crippen molar-refractivity contribution in [3.8, 4) is 5.75 Å². The topological polar surface area (TPSA) is 110 Å². The molecular weight excluding hydrogens is 240 g/mol. The van der Waals surface area contributed by atoms with Gasteiger partial charge in [-0.1, -0.05) is 11.6 Å². The lowest BCUT2D eigenvalue weighted by atomic mass is 10.1. The smallest absolute Gasteiger partial charge is 0.325 e. The number of nitro benzene ring substituents is 1. The van der Waals surface area contributed by atoms with Gasteiger partial charge in [0, 0.05) is 0 Å². The molecule has 1 aromatic carbocycles. The van der Waals surface area contributed by atoms with Crippen LogP contribution in [0.15, 0.2) is 6.07 Å². The molecule has 2 amide bonds. The van der Waals surface area contributed by atoms with Crippen molar-refractivity contribution in [1.82, 2.24) is 5.32 Å². The second kappa shape index (κ2) is 3.17. The second-order valence-corrected chi connectivity index (χ2v) is 3.43. The highest BCUT2D eigenvalue weighted by molar-refractivity contribution is 6.34. The normalized spacial score (nSPS) is 13.6. The van der Waals surface area contributed by atoms with E-state index in [1.165, 1.54) is 0 Å². The van der Waals surface area contributed by atoms with E-state index in [2.05, 4.69) is 0 Å². The van der Waals surface area contributed by atoms with Gasteiger partial charge >= 0.3 is 5.69 Å². The molecule has 82 valence electrons. The number of rotatable bonds is 1. The molecule has 7 nitrogen and oxygen atoms in total. The molecule has 2 rings (SSSR count). The Balaban J connectivity index is 2.88. The third-order valence-corrected chi connectivity index (χ3v) is 2.40. The number of benzene rings is 1. The minimum atomic E-state index is -0.960. The Morgan fingerprint density at radius 1 is 1.38 bits per heavy atom. The van der Waals surface area contributed by atoms with Crippen molar-refractivity contribution in [1.29, 1.82) is 0 Å². The van der Waals surface area contributed by atoms with Gasteiger partial charge in [-0.15, -0.1) is 0 Å². The van der Waals surface area contributed by atoms with Crippen molar-refractivity contribution in [2.75, 3.05) is 0 Å². The van der Waals surface area contributed by atoms with Crippen molar-refractivity contribution >= 4 is 29.1 Å². The minimum absolute atomic E-state index is 0.209. The minimum Gasteiger partial charge on any atom is -0.501 e. The molecule has 1 aliphatic heterocycles. The maximum Gasteiger partial charge on any atom is 0.325 e. The number of nitro groups is 1. The Labute approximate surface area is 92.8 Å². The highest BCUT2D eigenvalue weighted by atomic mass is 35.5. The van der Waals surface area contributed by atoms with Crippen LogP contribution in [-0.2, 0) is 0 Å². The standard InChI is InChI=1S/C8H3ClN2O5/c9-3-1-2-4(8(14)10-7(2)13)5(6(3)12)11(15)16/h1,12H,(H,10,13,14). The first kappa shape index (κ1) is 10.4. The Kier molecular flexibility index (Phi) is 2.06. The van der Waals surface area contributed by atoms with Gasteiger partial charge in [0.2, 0.25) is 5.75 Å². The van der Waals surface area contributed by atoms with E-state index in [9.17, 15) is 24.8 Å². The molecule has 8 heteroatoms. The number of carbonyl (C=O) groups is 2. The van der Waals surface area contributed by atoms with Gasteiger partial charge in [-0.05, 0) is 6.07 Å². The lowest BCUT2D eigenvalue weighted by Gasteiger charge is -2.01. The zero-order valence-electron chi connectivity index (χ0n) is 7.48. The first-order valence-corrected chi connectivity index (χ1v) is 4.36. The molecule has 0 aliphatic carbocycles. The van der Waals surface area contributed by atoms with Crippen LogP contribution in [0.3, 0.4) is 0 Å². The van der Waals surface area contributed by atoms with E-state index < -0.39 is 33.7 Å². The summed E-state index contributed by atoms with van der Waals surface area (Å²) in [6.45, 7) is 0. The fraction of sp³-hybridized carbons (Fsp3) is 0. The van der Waals surface area contributed by atoms with Gasteiger partial charge in [-0.25, -0.2) is 0 Å². The van der Waals surface area contributed by atoms with E-state index >= 15 is 0 Å². The van der Waals surface area contributed by atoms with Gasteiger partial charge in [0.05, 0.1) is 15.5 Å². The number of hydrogen-bond acceptors (Lipinski definition) is 5. The summed E-state index contributed by atoms with van der Waals surface area (Å²) in [6, 6.07) is 1.01. The fourth-order valence-corrected chi connectivity index (χ4v) is 1.64. The SMILES string of the molecule is O=C1NC(=O)c2c1cc(Cl)c(O)c2[N+](=O)[O-]. The monoisotopic (exact) mass is 242 g/mol. The van der Waals surface area contributed by atoms with E-state index in [-0.39, 0.29) is 10.6 Å². The molecule has 0 aromatic heterocycles. The highest BCUT2D eigenvalue weighted by Gasteiger charge is 2.38. The molecule has 0 fully saturated rings. The Morgan fingerprint density at radius 3 is 2.56 bits per heavy atom. The number of nitrogens with zero attached hydrogens (tertiary/aromatic N) is 1. The summed E-state index contributed by atoms with van der Waals surface area (Å²) in [5.74, 6) is -2.51. The number of nitrogens with one attached hydrogen (secondary N) is 1. The van der Waals surface area contributed by atoms with E-state index in [1.54, 1.807) is 0 Å². The molecule has 0 spiro atoms. The first-order chi connectivity index (χ1) is 7.43. The van der Waals surface area contributed by atoms with Crippen LogP contribution in [0.1, 0.15) is 20.7 Å². The molecular formula is C8H3ClN2O5. The number of phenols is 1. The molecule has 0 unspecified atom stereocenters. The van der Waals surface area contributed by atoms with Crippen molar-refractivity contribution in [2.24, 2.45) is 0 Å². The van der Waals surface area contributed by atoms with Crippen LogP contribution in [0.2, 0.25) is 5.02 Å². The summed E-state index contributed by atoms with van der Waals surface area (Å²) in [5, 5.41) is 21.6. The van der Waals surface area contributed by atoms with Crippen LogP contribution >= 0.6 is 11.6 Å². The maximum atomic E-state index is 11.3. The van der Waals surface area contributed by atoms with Crippen LogP contribution in [0.5, 0.6) is 5.75 Å². The molecule has 0 radical (unpaired) electrons. The Hall–Kier alpha value is -2.15. The maximum absolute atomic E-state index is 11.3. The summed E-state index contributed by atoms with van der Waals surface area (Å²) >= 11 is 5.51. The summed E-state index contributed by atoms with van der Waals surface area (Å²) < 4.78 is 0. The lowest BCUT2D eigenvalue weighted by Crippen LogP contribution is -2.20. The second-order valence-electron chi connectivity index (χ2n) is 3.02. The van der Waals surface area contributed by atoms with Crippen LogP contribution < -0.4 is 5.32 Å². The van der Waals surface area contributed by atoms with Gasteiger partial charge in [0.1, 0.15) is 5.56 Å². The Morgan fingerprint density at radius 2 is 2.00 bits per heavy atom. The average Bonchev–Trinajstić information content (AvgIpc) is 2.44. The van der Waals surface area contributed by atoms with Gasteiger partial charge in [0.15, 0.2) is 0 Å². The number of amides is 2. The molecule has 0 saturated heterocycles. The number of aromatic hydroxyl groups is 1. The van der Waals surface area contributed by atoms with Gasteiger partial charge < -0.3 is 5.11 Å². The van der Waals surface area contributed by atoms with E-state index in [0.717, 1.165) is 6.07 Å². The summed E-state index contributed by atoms with van der Waals surface area (Å²) in [7, 11) is 0. The number of phenolic OH excluding ortho intramolecular Hbond substituents is 1. The third-order valence-electron chi connectivity index (χ3n) is 2.11. The summed E-state index contributed by atoms with van der Waals surface area (Å²) in [5.41, 5.74) is -1.53. The Bertz CT molecular complexity index is 554. The number of imide groups is 1. The zero-order valence-corrected chi connectivity index (χ0v) is 8.24. The molecule has 0 bridgehead atoms. The zero-order chi connectivity index (χ0) is 12.0. The van der Waals surface area contributed by atoms with Crippen LogP contribution in [0.4, 0.5) is 5.69 Å². The van der Waals surface area contributed by atoms with E-state index in [4.69, 9.17) is 11.6 Å². The van der Waals surface area contributed by atoms with E-state index in [0.29, 0.717) is 0 Å². The molecule has 1 heterocycles. The van der Waals surface area contributed by atoms with E-state index in [1.807, 2.05) is 5.32 Å². The summed E-state index contributed by atoms with van der Waals surface area (Å²) in [4.78, 5) is 32.2. The van der Waals surface area contributed by atoms with Crippen LogP contribution in [0.25, 0.3) is 0 Å². The van der Waals surface area contributed by atoms with Crippen LogP contribution in [0, 0.1) is 10.1 Å². The molecule has 16 heavy (non-hydrogen) atoms. The number of halogens is 1. The predicted octanol–water partition coefficient (Wildman–Crippen LogP) is 0.837. The van der Waals surface area contributed by atoms with Crippen molar-refractivity contribution < 1.29 is 19.6 Å². The van der Waals surface area contributed by atoms with Crippen molar-refractivity contribution in [3.05, 3.63) is 32.3 Å². The fourth-order valence-electron chi connectivity index (χ4n) is 1.45. The van der Waals surface area contributed by atoms with Crippen molar-refractivity contribution in [3.63, 3.8) is 0 Å². The molecule has 1 aromatic rings. The van der Waals surface area contributed by atoms with Crippen molar-refractivity contribution in [2.45, 2.75) is 0 Å². The quantitative estimate of drug-likeness (QED) is 0.431. The number of hydrogen-bond donors (Lipinski definition) is 2. The largest absolute Gasteiger partial charge is 0.501 e.